The van der Waals surface area contributed by atoms with Crippen molar-refractivity contribution in [2.24, 2.45) is 0 Å². The maximum Gasteiger partial charge on any atom is 0.293 e. The first kappa shape index (κ1) is 25.5. The van der Waals surface area contributed by atoms with E-state index < -0.39 is 17.0 Å². The fraction of sp³-hybridized carbons (Fsp3) is 0.154. The Bertz CT molecular complexity index is 1350. The van der Waals surface area contributed by atoms with Crippen LogP contribution < -0.4 is 9.47 Å². The molecule has 0 unspecified atom stereocenters. The van der Waals surface area contributed by atoms with Gasteiger partial charge < -0.3 is 9.47 Å². The molecule has 1 fully saturated rings. The molecule has 2 amide bonds. The molecule has 3 aromatic rings. The number of halogens is 3. The number of ether oxygens (including phenoxy) is 2. The Morgan fingerprint density at radius 1 is 1.11 bits per heavy atom. The number of methoxy groups -OCH3 is 1. The predicted molar refractivity (Wildman–Crippen MR) is 144 cm³/mol. The minimum atomic E-state index is -0.484. The topological polar surface area (TPSA) is 55.8 Å². The molecule has 1 aliphatic heterocycles. The predicted octanol–water partition coefficient (Wildman–Crippen LogP) is 7.22. The van der Waals surface area contributed by atoms with Gasteiger partial charge in [0, 0.05) is 5.02 Å². The van der Waals surface area contributed by atoms with Gasteiger partial charge in [-0.2, -0.15) is 0 Å². The van der Waals surface area contributed by atoms with Gasteiger partial charge in [-0.1, -0.05) is 41.9 Å². The monoisotopic (exact) mass is 623 g/mol. The van der Waals surface area contributed by atoms with Crippen LogP contribution in [0.5, 0.6) is 11.5 Å². The average molecular weight is 624 g/mol. The summed E-state index contributed by atoms with van der Waals surface area (Å²) < 4.78 is 25.7. The number of imide groups is 1. The standard InChI is InChI=1S/C26H20ClFINO4S/c1-15-5-3-4-6-18(15)14-34-24-21(29)9-16(10-22(24)33-2)11-23-25(31)30(26(32)35-23)13-17-7-8-19(28)12-20(17)27/h3-12H,13-14H2,1-2H3/b23-11-. The van der Waals surface area contributed by atoms with Crippen molar-refractivity contribution in [3.63, 3.8) is 0 Å². The summed E-state index contributed by atoms with van der Waals surface area (Å²) >= 11 is 9.07. The van der Waals surface area contributed by atoms with Crippen molar-refractivity contribution in [2.45, 2.75) is 20.1 Å². The fourth-order valence-electron chi connectivity index (χ4n) is 3.49. The van der Waals surface area contributed by atoms with E-state index in [9.17, 15) is 14.0 Å². The van der Waals surface area contributed by atoms with Gasteiger partial charge in [-0.25, -0.2) is 4.39 Å². The molecule has 0 radical (unpaired) electrons. The molecule has 0 aromatic heterocycles. The maximum atomic E-state index is 13.3. The minimum absolute atomic E-state index is 0.0341. The zero-order valence-electron chi connectivity index (χ0n) is 18.8. The molecule has 9 heteroatoms. The SMILES string of the molecule is COc1cc(/C=C2\SC(=O)N(Cc3ccc(F)cc3Cl)C2=O)cc(I)c1OCc1ccccc1C. The van der Waals surface area contributed by atoms with Crippen LogP contribution in [0.2, 0.25) is 5.02 Å². The number of carbonyl (C=O) groups excluding carboxylic acids is 2. The summed E-state index contributed by atoms with van der Waals surface area (Å²) in [5, 5.41) is -0.255. The van der Waals surface area contributed by atoms with Gasteiger partial charge in [-0.3, -0.25) is 14.5 Å². The van der Waals surface area contributed by atoms with E-state index >= 15 is 0 Å². The Morgan fingerprint density at radius 3 is 2.60 bits per heavy atom. The Balaban J connectivity index is 1.54. The molecule has 0 N–H and O–H groups in total. The van der Waals surface area contributed by atoms with Crippen molar-refractivity contribution >= 4 is 63.2 Å². The van der Waals surface area contributed by atoms with Gasteiger partial charge in [-0.15, -0.1) is 0 Å². The van der Waals surface area contributed by atoms with Crippen LogP contribution in [-0.2, 0) is 17.9 Å². The number of aryl methyl sites for hydroxylation is 1. The molecule has 4 rings (SSSR count). The van der Waals surface area contributed by atoms with Gasteiger partial charge in [0.1, 0.15) is 12.4 Å². The van der Waals surface area contributed by atoms with Crippen molar-refractivity contribution in [1.82, 2.24) is 4.90 Å². The summed E-state index contributed by atoms with van der Waals surface area (Å²) in [7, 11) is 1.55. The Kier molecular flexibility index (Phi) is 8.03. The van der Waals surface area contributed by atoms with Gasteiger partial charge in [0.15, 0.2) is 11.5 Å². The highest BCUT2D eigenvalue weighted by molar-refractivity contribution is 14.1. The van der Waals surface area contributed by atoms with Crippen LogP contribution in [-0.4, -0.2) is 23.2 Å². The third-order valence-corrected chi connectivity index (χ3v) is 7.46. The number of hydrogen-bond acceptors (Lipinski definition) is 5. The Hall–Kier alpha value is -2.56. The number of benzene rings is 3. The average Bonchev–Trinajstić information content (AvgIpc) is 3.08. The third-order valence-electron chi connectivity index (χ3n) is 5.40. The number of nitrogens with zero attached hydrogens (tertiary/aromatic N) is 1. The van der Waals surface area contributed by atoms with Gasteiger partial charge >= 0.3 is 0 Å². The molecule has 0 aliphatic carbocycles. The van der Waals surface area contributed by atoms with E-state index in [2.05, 4.69) is 22.6 Å². The highest BCUT2D eigenvalue weighted by Gasteiger charge is 2.35. The smallest absolute Gasteiger partial charge is 0.293 e. The van der Waals surface area contributed by atoms with Crippen LogP contribution in [0.25, 0.3) is 6.08 Å². The van der Waals surface area contributed by atoms with Gasteiger partial charge in [0.05, 0.1) is 22.1 Å². The lowest BCUT2D eigenvalue weighted by Crippen LogP contribution is -2.27. The van der Waals surface area contributed by atoms with Gasteiger partial charge in [-0.05, 0) is 93.9 Å². The number of hydrogen-bond donors (Lipinski definition) is 0. The first-order valence-electron chi connectivity index (χ1n) is 10.5. The van der Waals surface area contributed by atoms with Crippen LogP contribution in [0.1, 0.15) is 22.3 Å². The second kappa shape index (κ2) is 11.0. The summed E-state index contributed by atoms with van der Waals surface area (Å²) in [6, 6.07) is 15.5. The maximum absolute atomic E-state index is 13.3. The molecule has 0 bridgehead atoms. The highest BCUT2D eigenvalue weighted by atomic mass is 127. The summed E-state index contributed by atoms with van der Waals surface area (Å²) in [4.78, 5) is 26.8. The summed E-state index contributed by atoms with van der Waals surface area (Å²) in [5.41, 5.74) is 3.39. The van der Waals surface area contributed by atoms with Crippen LogP contribution in [0.3, 0.4) is 0 Å². The van der Waals surface area contributed by atoms with Crippen molar-refractivity contribution in [2.75, 3.05) is 7.11 Å². The van der Waals surface area contributed by atoms with E-state index in [0.29, 0.717) is 29.2 Å². The molecule has 0 saturated carbocycles. The van der Waals surface area contributed by atoms with Crippen molar-refractivity contribution in [1.29, 1.82) is 0 Å². The largest absolute Gasteiger partial charge is 0.493 e. The summed E-state index contributed by atoms with van der Waals surface area (Å²) in [6.07, 6.45) is 1.65. The van der Waals surface area contributed by atoms with E-state index in [-0.39, 0.29) is 16.5 Å². The quantitative estimate of drug-likeness (QED) is 0.206. The highest BCUT2D eigenvalue weighted by Crippen LogP contribution is 2.38. The lowest BCUT2D eigenvalue weighted by Gasteiger charge is -2.15. The molecule has 0 atom stereocenters. The number of carbonyl (C=O) groups is 2. The van der Waals surface area contributed by atoms with Crippen molar-refractivity contribution in [3.8, 4) is 11.5 Å². The summed E-state index contributed by atoms with van der Waals surface area (Å²) in [5.74, 6) is 0.207. The van der Waals surface area contributed by atoms with Crippen LogP contribution in [0.4, 0.5) is 9.18 Å². The number of amides is 2. The van der Waals surface area contributed by atoms with E-state index in [1.807, 2.05) is 37.3 Å². The molecular formula is C26H20ClFINO4S. The molecule has 180 valence electrons. The van der Waals surface area contributed by atoms with Crippen molar-refractivity contribution in [3.05, 3.63) is 96.2 Å². The lowest BCUT2D eigenvalue weighted by atomic mass is 10.1. The first-order chi connectivity index (χ1) is 16.8. The molecule has 35 heavy (non-hydrogen) atoms. The van der Waals surface area contributed by atoms with Gasteiger partial charge in [0.2, 0.25) is 0 Å². The normalized spacial score (nSPS) is 14.7. The first-order valence-corrected chi connectivity index (χ1v) is 12.8. The van der Waals surface area contributed by atoms with E-state index in [0.717, 1.165) is 37.4 Å². The van der Waals surface area contributed by atoms with Crippen LogP contribution in [0, 0.1) is 16.3 Å². The zero-order chi connectivity index (χ0) is 25.1. The molecule has 1 heterocycles. The molecule has 0 spiro atoms. The Labute approximate surface area is 225 Å². The number of rotatable bonds is 7. The Morgan fingerprint density at radius 2 is 1.89 bits per heavy atom. The van der Waals surface area contributed by atoms with Crippen LogP contribution >= 0.6 is 46.0 Å². The number of thioether (sulfide) groups is 1. The minimum Gasteiger partial charge on any atom is -0.493 e. The molecular weight excluding hydrogens is 604 g/mol. The molecule has 1 aliphatic rings. The zero-order valence-corrected chi connectivity index (χ0v) is 22.5. The third kappa shape index (κ3) is 5.82. The fourth-order valence-corrected chi connectivity index (χ4v) is 5.34. The van der Waals surface area contributed by atoms with Crippen molar-refractivity contribution < 1.29 is 23.5 Å². The van der Waals surface area contributed by atoms with Gasteiger partial charge in [0.25, 0.3) is 11.1 Å². The summed E-state index contributed by atoms with van der Waals surface area (Å²) in [6.45, 7) is 2.39. The van der Waals surface area contributed by atoms with E-state index in [4.69, 9.17) is 21.1 Å². The molecule has 3 aromatic carbocycles. The molecule has 5 nitrogen and oxygen atoms in total. The lowest BCUT2D eigenvalue weighted by molar-refractivity contribution is -0.123. The molecule has 1 saturated heterocycles. The van der Waals surface area contributed by atoms with E-state index in [1.165, 1.54) is 12.1 Å². The van der Waals surface area contributed by atoms with Crippen LogP contribution in [0.15, 0.2) is 59.5 Å². The second-order valence-electron chi connectivity index (χ2n) is 7.75. The second-order valence-corrected chi connectivity index (χ2v) is 10.3. The van der Waals surface area contributed by atoms with E-state index in [1.54, 1.807) is 19.3 Å².